The van der Waals surface area contributed by atoms with Gasteiger partial charge in [0.15, 0.2) is 12.3 Å². The molecular weight excluding hydrogens is 290 g/mol. The van der Waals surface area contributed by atoms with Crippen LogP contribution in [0.15, 0.2) is 27.4 Å². The monoisotopic (exact) mass is 299 g/mol. The Morgan fingerprint density at radius 2 is 2.10 bits per heavy atom. The Labute approximate surface area is 117 Å². The number of ether oxygens (including phenoxy) is 1. The number of nitrogens with zero attached hydrogens (tertiary/aromatic N) is 1. The Hall–Kier alpha value is -2.28. The van der Waals surface area contributed by atoms with Gasteiger partial charge in [0.25, 0.3) is 0 Å². The summed E-state index contributed by atoms with van der Waals surface area (Å²) in [6.07, 6.45) is -0.591. The second-order valence-electron chi connectivity index (χ2n) is 3.95. The maximum Gasteiger partial charge on any atom is 0.422 e. The quantitative estimate of drug-likeness (QED) is 0.842. The van der Waals surface area contributed by atoms with Crippen LogP contribution >= 0.6 is 11.6 Å². The van der Waals surface area contributed by atoms with Crippen LogP contribution in [-0.2, 0) is 21.1 Å². The maximum atomic E-state index is 11.6. The van der Waals surface area contributed by atoms with Crippen LogP contribution in [-0.4, -0.2) is 21.6 Å². The maximum absolute atomic E-state index is 11.6. The smallest absolute Gasteiger partial charge is 0.422 e. The van der Waals surface area contributed by atoms with Crippen LogP contribution in [0.5, 0.6) is 0 Å². The van der Waals surface area contributed by atoms with Gasteiger partial charge in [-0.25, -0.2) is 9.36 Å². The van der Waals surface area contributed by atoms with E-state index in [4.69, 9.17) is 25.9 Å². The number of esters is 1. The molecule has 0 aliphatic carbocycles. The predicted molar refractivity (Wildman–Crippen MR) is 68.4 cm³/mol. The Bertz CT molecular complexity index is 716. The van der Waals surface area contributed by atoms with Crippen LogP contribution in [0.1, 0.15) is 12.8 Å². The molecule has 1 N–H and O–H groups in total. The molecule has 0 aliphatic heterocycles. The number of hydrogen-bond acceptors (Lipinski definition) is 5. The SMILES string of the molecule is O=C(O)CCC(=O)OCn1c(=O)oc2ccc(Cl)cc21. The Kier molecular flexibility index (Phi) is 4.09. The van der Waals surface area contributed by atoms with Crippen LogP contribution in [0, 0.1) is 0 Å². The van der Waals surface area contributed by atoms with E-state index in [0.717, 1.165) is 4.57 Å². The molecule has 7 nitrogen and oxygen atoms in total. The molecule has 1 aromatic carbocycles. The standard InChI is InChI=1S/C12H10ClNO6/c13-7-1-2-9-8(5-7)14(12(18)20-9)6-19-11(17)4-3-10(15)16/h1-2,5H,3-4,6H2,(H,15,16). The van der Waals surface area contributed by atoms with Gasteiger partial charge in [-0.2, -0.15) is 0 Å². The number of carbonyl (C=O) groups is 2. The molecule has 0 saturated heterocycles. The second-order valence-corrected chi connectivity index (χ2v) is 4.38. The summed E-state index contributed by atoms with van der Waals surface area (Å²) in [4.78, 5) is 33.2. The second kappa shape index (κ2) is 5.79. The van der Waals surface area contributed by atoms with E-state index in [2.05, 4.69) is 0 Å². The Morgan fingerprint density at radius 1 is 1.35 bits per heavy atom. The average molecular weight is 300 g/mol. The summed E-state index contributed by atoms with van der Waals surface area (Å²) in [5.41, 5.74) is 0.717. The molecule has 0 fully saturated rings. The lowest BCUT2D eigenvalue weighted by atomic mass is 10.3. The molecule has 0 unspecified atom stereocenters. The molecule has 0 atom stereocenters. The fourth-order valence-corrected chi connectivity index (χ4v) is 1.74. The first kappa shape index (κ1) is 14.1. The van der Waals surface area contributed by atoms with Crippen LogP contribution in [0.3, 0.4) is 0 Å². The van der Waals surface area contributed by atoms with Crippen molar-refractivity contribution < 1.29 is 23.8 Å². The van der Waals surface area contributed by atoms with Gasteiger partial charge in [0, 0.05) is 5.02 Å². The van der Waals surface area contributed by atoms with Crippen molar-refractivity contribution in [2.45, 2.75) is 19.6 Å². The third-order valence-electron chi connectivity index (χ3n) is 2.53. The van der Waals surface area contributed by atoms with Crippen molar-refractivity contribution in [3.63, 3.8) is 0 Å². The lowest BCUT2D eigenvalue weighted by Crippen LogP contribution is -2.18. The van der Waals surface area contributed by atoms with Gasteiger partial charge in [-0.1, -0.05) is 11.6 Å². The number of aliphatic carboxylic acids is 1. The van der Waals surface area contributed by atoms with Gasteiger partial charge in [0.1, 0.15) is 0 Å². The summed E-state index contributed by atoms with van der Waals surface area (Å²) in [6, 6.07) is 4.60. The van der Waals surface area contributed by atoms with Crippen molar-refractivity contribution in [2.24, 2.45) is 0 Å². The third-order valence-corrected chi connectivity index (χ3v) is 2.76. The topological polar surface area (TPSA) is 98.7 Å². The summed E-state index contributed by atoms with van der Waals surface area (Å²) < 4.78 is 10.9. The first-order chi connectivity index (χ1) is 9.47. The summed E-state index contributed by atoms with van der Waals surface area (Å²) >= 11 is 5.82. The lowest BCUT2D eigenvalue weighted by Gasteiger charge is -2.04. The number of oxazole rings is 1. The highest BCUT2D eigenvalue weighted by atomic mass is 35.5. The Morgan fingerprint density at radius 3 is 2.80 bits per heavy atom. The normalized spacial score (nSPS) is 10.7. The van der Waals surface area contributed by atoms with Crippen molar-refractivity contribution >= 4 is 34.6 Å². The molecule has 0 spiro atoms. The number of hydrogen-bond donors (Lipinski definition) is 1. The van der Waals surface area contributed by atoms with Gasteiger partial charge in [-0.15, -0.1) is 0 Å². The third kappa shape index (κ3) is 3.18. The van der Waals surface area contributed by atoms with Gasteiger partial charge in [-0.3, -0.25) is 9.59 Å². The lowest BCUT2D eigenvalue weighted by molar-refractivity contribution is -0.150. The van der Waals surface area contributed by atoms with Crippen LogP contribution in [0.25, 0.3) is 11.1 Å². The molecule has 106 valence electrons. The highest BCUT2D eigenvalue weighted by molar-refractivity contribution is 6.31. The molecule has 2 rings (SSSR count). The summed E-state index contributed by atoms with van der Waals surface area (Å²) in [6.45, 7) is -0.357. The Balaban J connectivity index is 2.11. The molecule has 0 bridgehead atoms. The number of fused-ring (bicyclic) bond motifs is 1. The van der Waals surface area contributed by atoms with E-state index in [-0.39, 0.29) is 19.6 Å². The van der Waals surface area contributed by atoms with Crippen LogP contribution in [0.2, 0.25) is 5.02 Å². The molecule has 20 heavy (non-hydrogen) atoms. The zero-order chi connectivity index (χ0) is 14.7. The van der Waals surface area contributed by atoms with E-state index in [1.54, 1.807) is 6.07 Å². The summed E-state index contributed by atoms with van der Waals surface area (Å²) in [7, 11) is 0. The fraction of sp³-hybridized carbons (Fsp3) is 0.250. The molecule has 0 radical (unpaired) electrons. The first-order valence-corrected chi connectivity index (χ1v) is 6.01. The zero-order valence-corrected chi connectivity index (χ0v) is 10.9. The molecule has 0 aliphatic rings. The molecule has 1 aromatic heterocycles. The van der Waals surface area contributed by atoms with Gasteiger partial charge in [0.2, 0.25) is 0 Å². The highest BCUT2D eigenvalue weighted by Crippen LogP contribution is 2.18. The minimum absolute atomic E-state index is 0.263. The zero-order valence-electron chi connectivity index (χ0n) is 10.2. The fourth-order valence-electron chi connectivity index (χ4n) is 1.58. The van der Waals surface area contributed by atoms with E-state index >= 15 is 0 Å². The van der Waals surface area contributed by atoms with E-state index in [0.29, 0.717) is 16.1 Å². The molecular formula is C12H10ClNO6. The molecule has 1 heterocycles. The van der Waals surface area contributed by atoms with Crippen LogP contribution in [0.4, 0.5) is 0 Å². The first-order valence-electron chi connectivity index (χ1n) is 5.63. The average Bonchev–Trinajstić information content (AvgIpc) is 2.69. The number of halogens is 1. The summed E-state index contributed by atoms with van der Waals surface area (Å²) in [5.74, 6) is -2.50. The largest absolute Gasteiger partial charge is 0.481 e. The number of carbonyl (C=O) groups excluding carboxylic acids is 1. The van der Waals surface area contributed by atoms with E-state index in [1.165, 1.54) is 12.1 Å². The minimum Gasteiger partial charge on any atom is -0.481 e. The number of rotatable bonds is 5. The van der Waals surface area contributed by atoms with Gasteiger partial charge >= 0.3 is 17.7 Å². The number of aromatic nitrogens is 1. The van der Waals surface area contributed by atoms with Crippen molar-refractivity contribution in [2.75, 3.05) is 0 Å². The number of carboxylic acid groups (broad SMARTS) is 1. The van der Waals surface area contributed by atoms with E-state index in [9.17, 15) is 14.4 Å². The van der Waals surface area contributed by atoms with Gasteiger partial charge in [-0.05, 0) is 18.2 Å². The number of benzene rings is 1. The van der Waals surface area contributed by atoms with E-state index < -0.39 is 17.7 Å². The van der Waals surface area contributed by atoms with Crippen LogP contribution < -0.4 is 5.76 Å². The molecule has 2 aromatic rings. The summed E-state index contributed by atoms with van der Waals surface area (Å²) in [5, 5.41) is 8.84. The van der Waals surface area contributed by atoms with E-state index in [1.807, 2.05) is 0 Å². The van der Waals surface area contributed by atoms with Crippen molar-refractivity contribution in [3.8, 4) is 0 Å². The molecule has 0 saturated carbocycles. The minimum atomic E-state index is -1.10. The van der Waals surface area contributed by atoms with Crippen molar-refractivity contribution in [1.82, 2.24) is 4.57 Å². The van der Waals surface area contributed by atoms with Gasteiger partial charge < -0.3 is 14.3 Å². The predicted octanol–water partition coefficient (Wildman–Crippen LogP) is 1.61. The van der Waals surface area contributed by atoms with Crippen molar-refractivity contribution in [3.05, 3.63) is 33.8 Å². The van der Waals surface area contributed by atoms with Crippen molar-refractivity contribution in [1.29, 1.82) is 0 Å². The number of carboxylic acids is 1. The molecule has 8 heteroatoms. The highest BCUT2D eigenvalue weighted by Gasteiger charge is 2.12. The molecule has 0 amide bonds. The van der Waals surface area contributed by atoms with Gasteiger partial charge in [0.05, 0.1) is 18.4 Å².